The highest BCUT2D eigenvalue weighted by molar-refractivity contribution is 5.79. The molecule has 1 fully saturated rings. The second kappa shape index (κ2) is 8.89. The number of amides is 1. The molecular formula is C22H28FN7O. The molecule has 1 aromatic heterocycles. The van der Waals surface area contributed by atoms with E-state index in [0.717, 1.165) is 42.6 Å². The van der Waals surface area contributed by atoms with Crippen molar-refractivity contribution in [3.63, 3.8) is 0 Å². The zero-order chi connectivity index (χ0) is 22.0. The van der Waals surface area contributed by atoms with E-state index in [9.17, 15) is 9.18 Å². The molecule has 2 aromatic rings. The van der Waals surface area contributed by atoms with Gasteiger partial charge in [-0.3, -0.25) is 4.79 Å². The van der Waals surface area contributed by atoms with E-state index in [1.54, 1.807) is 0 Å². The number of aryl methyl sites for hydroxylation is 1. The summed E-state index contributed by atoms with van der Waals surface area (Å²) in [7, 11) is 1.91. The molecule has 1 saturated carbocycles. The zero-order valence-electron chi connectivity index (χ0n) is 17.7. The van der Waals surface area contributed by atoms with Crippen molar-refractivity contribution in [1.82, 2.24) is 15.3 Å². The molecule has 0 aliphatic heterocycles. The fraction of sp³-hybridized carbons (Fsp3) is 0.409. The summed E-state index contributed by atoms with van der Waals surface area (Å²) in [4.78, 5) is 20.3. The lowest BCUT2D eigenvalue weighted by atomic mass is 9.88. The Morgan fingerprint density at radius 2 is 2.06 bits per heavy atom. The molecule has 8 nitrogen and oxygen atoms in total. The molecule has 0 spiro atoms. The van der Waals surface area contributed by atoms with Gasteiger partial charge in [-0.1, -0.05) is 12.2 Å². The van der Waals surface area contributed by atoms with Crippen LogP contribution in [-0.4, -0.2) is 42.1 Å². The number of carbonyl (C=O) groups is 1. The van der Waals surface area contributed by atoms with E-state index in [4.69, 9.17) is 5.73 Å². The number of fused-ring (bicyclic) bond motifs is 2. The normalized spacial score (nSPS) is 23.7. The van der Waals surface area contributed by atoms with Crippen molar-refractivity contribution in [2.45, 2.75) is 19.4 Å². The maximum atomic E-state index is 14.4. The minimum absolute atomic E-state index is 0.0665. The Balaban J connectivity index is 1.48. The smallest absolute Gasteiger partial charge is 0.229 e. The van der Waals surface area contributed by atoms with E-state index in [1.807, 2.05) is 38.2 Å². The Labute approximate surface area is 180 Å². The molecule has 0 saturated heterocycles. The lowest BCUT2D eigenvalue weighted by Gasteiger charge is -2.27. The number of hydrogen-bond acceptors (Lipinski definition) is 7. The number of anilines is 4. The van der Waals surface area contributed by atoms with Crippen molar-refractivity contribution in [1.29, 1.82) is 0 Å². The van der Waals surface area contributed by atoms with Crippen LogP contribution in [0, 0.1) is 30.5 Å². The first-order valence-corrected chi connectivity index (χ1v) is 10.5. The van der Waals surface area contributed by atoms with E-state index < -0.39 is 5.82 Å². The van der Waals surface area contributed by atoms with Gasteiger partial charge in [0.05, 0.1) is 12.1 Å². The maximum Gasteiger partial charge on any atom is 0.229 e. The first kappa shape index (κ1) is 21.0. The van der Waals surface area contributed by atoms with Crippen molar-refractivity contribution in [2.75, 3.05) is 36.1 Å². The predicted octanol–water partition coefficient (Wildman–Crippen LogP) is 2.39. The van der Waals surface area contributed by atoms with Crippen molar-refractivity contribution in [3.05, 3.63) is 47.9 Å². The van der Waals surface area contributed by atoms with Crippen LogP contribution in [0.4, 0.5) is 27.5 Å². The molecule has 1 heterocycles. The highest BCUT2D eigenvalue weighted by atomic mass is 19.1. The summed E-state index contributed by atoms with van der Waals surface area (Å²) in [6.45, 7) is 3.70. The van der Waals surface area contributed by atoms with Gasteiger partial charge >= 0.3 is 0 Å². The highest BCUT2D eigenvalue weighted by Crippen LogP contribution is 2.44. The molecule has 9 heteroatoms. The number of nitrogens with one attached hydrogen (secondary N) is 4. The second-order valence-corrected chi connectivity index (χ2v) is 8.12. The largest absolute Gasteiger partial charge is 0.384 e. The van der Waals surface area contributed by atoms with Crippen LogP contribution in [0.2, 0.25) is 0 Å². The van der Waals surface area contributed by atoms with Gasteiger partial charge in [-0.15, -0.1) is 0 Å². The Morgan fingerprint density at radius 3 is 2.81 bits per heavy atom. The molecule has 31 heavy (non-hydrogen) atoms. The molecule has 4 rings (SSSR count). The van der Waals surface area contributed by atoms with Crippen LogP contribution in [0.15, 0.2) is 36.5 Å². The van der Waals surface area contributed by atoms with Crippen LogP contribution in [-0.2, 0) is 4.79 Å². The van der Waals surface area contributed by atoms with Crippen molar-refractivity contribution in [2.24, 2.45) is 23.5 Å². The number of aromatic nitrogens is 2. The standard InChI is InChI=1S/C22H28FN7O/c1-12-9-15(5-6-17(12)26-8-7-25-2)28-22-27-11-16(23)21(30-22)29-19-14-4-3-13(10-14)18(19)20(24)31/h3-6,9,11,13-14,18-19,25-26H,7-8,10H2,1-2H3,(H2,24,31)(H2,27,28,29,30). The minimum atomic E-state index is -0.569. The summed E-state index contributed by atoms with van der Waals surface area (Å²) in [5.41, 5.74) is 8.52. The fourth-order valence-corrected chi connectivity index (χ4v) is 4.48. The minimum Gasteiger partial charge on any atom is -0.384 e. The molecule has 2 aliphatic rings. The van der Waals surface area contributed by atoms with Crippen LogP contribution in [0.25, 0.3) is 0 Å². The third kappa shape index (κ3) is 4.46. The molecule has 4 unspecified atom stereocenters. The van der Waals surface area contributed by atoms with Crippen molar-refractivity contribution >= 4 is 29.0 Å². The number of allylic oxidation sites excluding steroid dienone is 1. The molecule has 164 valence electrons. The van der Waals surface area contributed by atoms with E-state index in [1.165, 1.54) is 0 Å². The SMILES string of the molecule is CNCCNc1ccc(Nc2ncc(F)c(NC3C4C=CC(C4)C3C(N)=O)n2)cc1C. The van der Waals surface area contributed by atoms with Gasteiger partial charge in [0.25, 0.3) is 0 Å². The summed E-state index contributed by atoms with van der Waals surface area (Å²) >= 11 is 0. The molecule has 1 amide bonds. The van der Waals surface area contributed by atoms with Gasteiger partial charge in [-0.2, -0.15) is 4.98 Å². The van der Waals surface area contributed by atoms with Gasteiger partial charge in [-0.05, 0) is 56.0 Å². The number of halogens is 1. The van der Waals surface area contributed by atoms with E-state index in [2.05, 4.69) is 37.3 Å². The van der Waals surface area contributed by atoms with Gasteiger partial charge < -0.3 is 27.0 Å². The number of nitrogens with zero attached hydrogens (tertiary/aromatic N) is 2. The summed E-state index contributed by atoms with van der Waals surface area (Å²) in [5, 5.41) is 12.7. The Morgan fingerprint density at radius 1 is 1.26 bits per heavy atom. The average molecular weight is 426 g/mol. The van der Waals surface area contributed by atoms with Crippen molar-refractivity contribution < 1.29 is 9.18 Å². The van der Waals surface area contributed by atoms with Crippen LogP contribution >= 0.6 is 0 Å². The number of nitrogens with two attached hydrogens (primary N) is 1. The summed E-state index contributed by atoms with van der Waals surface area (Å²) in [6.07, 6.45) is 6.06. The molecule has 4 atom stereocenters. The third-order valence-electron chi connectivity index (χ3n) is 6.01. The second-order valence-electron chi connectivity index (χ2n) is 8.12. The van der Waals surface area contributed by atoms with Gasteiger partial charge in [0, 0.05) is 30.5 Å². The number of benzene rings is 1. The van der Waals surface area contributed by atoms with Crippen LogP contribution in [0.5, 0.6) is 0 Å². The van der Waals surface area contributed by atoms with Gasteiger partial charge in [0.1, 0.15) is 0 Å². The number of likely N-dealkylation sites (N-methyl/N-ethyl adjacent to an activating group) is 1. The molecule has 6 N–H and O–H groups in total. The number of rotatable bonds is 9. The van der Waals surface area contributed by atoms with E-state index in [0.29, 0.717) is 0 Å². The Kier molecular flexibility index (Phi) is 6.03. The quantitative estimate of drug-likeness (QED) is 0.309. The molecular weight excluding hydrogens is 397 g/mol. The molecule has 1 aromatic carbocycles. The van der Waals surface area contributed by atoms with Crippen molar-refractivity contribution in [3.8, 4) is 0 Å². The summed E-state index contributed by atoms with van der Waals surface area (Å²) < 4.78 is 14.4. The van der Waals surface area contributed by atoms with E-state index in [-0.39, 0.29) is 41.5 Å². The third-order valence-corrected chi connectivity index (χ3v) is 6.01. The lowest BCUT2D eigenvalue weighted by molar-refractivity contribution is -0.122. The lowest BCUT2D eigenvalue weighted by Crippen LogP contribution is -2.41. The maximum absolute atomic E-state index is 14.4. The number of primary amides is 1. The van der Waals surface area contributed by atoms with Crippen LogP contribution < -0.4 is 27.0 Å². The highest BCUT2D eigenvalue weighted by Gasteiger charge is 2.47. The Hall–Kier alpha value is -3.20. The summed E-state index contributed by atoms with van der Waals surface area (Å²) in [6, 6.07) is 5.61. The first-order valence-electron chi connectivity index (χ1n) is 10.5. The number of hydrogen-bond donors (Lipinski definition) is 5. The van der Waals surface area contributed by atoms with Crippen LogP contribution in [0.1, 0.15) is 12.0 Å². The predicted molar refractivity (Wildman–Crippen MR) is 120 cm³/mol. The Bertz CT molecular complexity index is 996. The molecule has 2 aliphatic carbocycles. The topological polar surface area (TPSA) is 117 Å². The zero-order valence-corrected chi connectivity index (χ0v) is 17.7. The first-order chi connectivity index (χ1) is 15.0. The monoisotopic (exact) mass is 425 g/mol. The van der Waals surface area contributed by atoms with Gasteiger partial charge in [0.15, 0.2) is 11.6 Å². The average Bonchev–Trinajstić information content (AvgIpc) is 3.34. The van der Waals surface area contributed by atoms with E-state index >= 15 is 0 Å². The van der Waals surface area contributed by atoms with Gasteiger partial charge in [0.2, 0.25) is 11.9 Å². The molecule has 0 radical (unpaired) electrons. The summed E-state index contributed by atoms with van der Waals surface area (Å²) in [5.74, 6) is -0.733. The van der Waals surface area contributed by atoms with Crippen LogP contribution in [0.3, 0.4) is 0 Å². The molecule has 2 bridgehead atoms. The number of carbonyl (C=O) groups excluding carboxylic acids is 1. The fourth-order valence-electron chi connectivity index (χ4n) is 4.48. The van der Waals surface area contributed by atoms with Gasteiger partial charge in [-0.25, -0.2) is 9.37 Å².